The molecule has 0 radical (unpaired) electrons. The molecule has 3 rings (SSSR count). The average molecular weight is 295 g/mol. The zero-order valence-electron chi connectivity index (χ0n) is 10.5. The van der Waals surface area contributed by atoms with Crippen molar-refractivity contribution in [1.82, 2.24) is 9.55 Å². The summed E-state index contributed by atoms with van der Waals surface area (Å²) in [4.78, 5) is 15.7. The third kappa shape index (κ3) is 2.02. The minimum Gasteiger partial charge on any atom is -0.396 e. The maximum absolute atomic E-state index is 13.0. The SMILES string of the molecule is Nc1c(Cl)c(C(=O)Nc2ccnc(F)c2)n2c1CCC2. The first-order chi connectivity index (χ1) is 9.58. The molecule has 0 unspecified atom stereocenters. The third-order valence-electron chi connectivity index (χ3n) is 3.35. The maximum atomic E-state index is 13.0. The Morgan fingerprint density at radius 3 is 3.10 bits per heavy atom. The van der Waals surface area contributed by atoms with Crippen LogP contribution in [0.4, 0.5) is 15.8 Å². The lowest BCUT2D eigenvalue weighted by atomic mass is 10.2. The Morgan fingerprint density at radius 1 is 1.55 bits per heavy atom. The van der Waals surface area contributed by atoms with Gasteiger partial charge in [-0.3, -0.25) is 4.79 Å². The molecule has 0 atom stereocenters. The van der Waals surface area contributed by atoms with Crippen molar-refractivity contribution < 1.29 is 9.18 Å². The molecule has 3 N–H and O–H groups in total. The lowest BCUT2D eigenvalue weighted by Gasteiger charge is -2.08. The van der Waals surface area contributed by atoms with E-state index in [0.717, 1.165) is 24.6 Å². The fourth-order valence-corrected chi connectivity index (χ4v) is 2.76. The fourth-order valence-electron chi connectivity index (χ4n) is 2.47. The minimum absolute atomic E-state index is 0.256. The van der Waals surface area contributed by atoms with E-state index in [2.05, 4.69) is 10.3 Å². The van der Waals surface area contributed by atoms with E-state index >= 15 is 0 Å². The summed E-state index contributed by atoms with van der Waals surface area (Å²) in [6.07, 6.45) is 3.02. The molecule has 0 saturated heterocycles. The number of aromatic nitrogens is 2. The van der Waals surface area contributed by atoms with Gasteiger partial charge in [-0.25, -0.2) is 4.98 Å². The monoisotopic (exact) mass is 294 g/mol. The van der Waals surface area contributed by atoms with Crippen LogP contribution in [0.5, 0.6) is 0 Å². The van der Waals surface area contributed by atoms with Crippen molar-refractivity contribution in [2.24, 2.45) is 0 Å². The molecular weight excluding hydrogens is 283 g/mol. The molecule has 2 aromatic rings. The number of nitrogens with two attached hydrogens (primary N) is 1. The van der Waals surface area contributed by atoms with Crippen molar-refractivity contribution in [3.8, 4) is 0 Å². The van der Waals surface area contributed by atoms with Gasteiger partial charge in [0, 0.05) is 30.2 Å². The highest BCUT2D eigenvalue weighted by molar-refractivity contribution is 6.37. The van der Waals surface area contributed by atoms with Gasteiger partial charge in [-0.2, -0.15) is 4.39 Å². The molecule has 5 nitrogen and oxygen atoms in total. The van der Waals surface area contributed by atoms with Crippen molar-refractivity contribution in [3.05, 3.63) is 40.7 Å². The van der Waals surface area contributed by atoms with E-state index in [1.165, 1.54) is 12.3 Å². The Morgan fingerprint density at radius 2 is 2.35 bits per heavy atom. The zero-order valence-corrected chi connectivity index (χ0v) is 11.2. The largest absolute Gasteiger partial charge is 0.396 e. The smallest absolute Gasteiger partial charge is 0.273 e. The number of fused-ring (bicyclic) bond motifs is 1. The lowest BCUT2D eigenvalue weighted by molar-refractivity contribution is 0.101. The molecule has 1 aliphatic heterocycles. The number of rotatable bonds is 2. The topological polar surface area (TPSA) is 72.9 Å². The molecule has 0 fully saturated rings. The molecule has 1 amide bonds. The molecule has 0 aromatic carbocycles. The number of nitrogens with zero attached hydrogens (tertiary/aromatic N) is 2. The van der Waals surface area contributed by atoms with Crippen molar-refractivity contribution in [1.29, 1.82) is 0 Å². The summed E-state index contributed by atoms with van der Waals surface area (Å²) >= 11 is 6.13. The molecule has 3 heterocycles. The number of carbonyl (C=O) groups is 1. The number of nitrogens with one attached hydrogen (secondary N) is 1. The summed E-state index contributed by atoms with van der Waals surface area (Å²) < 4.78 is 14.8. The van der Waals surface area contributed by atoms with Crippen LogP contribution in [0.25, 0.3) is 0 Å². The predicted molar refractivity (Wildman–Crippen MR) is 74.3 cm³/mol. The molecule has 7 heteroatoms. The van der Waals surface area contributed by atoms with E-state index < -0.39 is 11.9 Å². The molecule has 104 valence electrons. The van der Waals surface area contributed by atoms with E-state index in [4.69, 9.17) is 17.3 Å². The van der Waals surface area contributed by atoms with Crippen molar-refractivity contribution in [2.45, 2.75) is 19.4 Å². The number of hydrogen-bond acceptors (Lipinski definition) is 3. The normalized spacial score (nSPS) is 13.3. The van der Waals surface area contributed by atoms with E-state index in [1.807, 2.05) is 4.57 Å². The molecule has 1 aliphatic rings. The molecule has 0 spiro atoms. The number of halogens is 2. The van der Waals surface area contributed by atoms with Crippen LogP contribution in [0.2, 0.25) is 5.02 Å². The second-order valence-electron chi connectivity index (χ2n) is 4.60. The molecular formula is C13H12ClFN4O. The first-order valence-electron chi connectivity index (χ1n) is 6.17. The van der Waals surface area contributed by atoms with Gasteiger partial charge < -0.3 is 15.6 Å². The van der Waals surface area contributed by atoms with E-state index in [-0.39, 0.29) is 5.02 Å². The van der Waals surface area contributed by atoms with Gasteiger partial charge in [-0.05, 0) is 18.9 Å². The quantitative estimate of drug-likeness (QED) is 0.836. The molecule has 0 bridgehead atoms. The van der Waals surface area contributed by atoms with E-state index in [1.54, 1.807) is 0 Å². The van der Waals surface area contributed by atoms with Crippen LogP contribution in [-0.4, -0.2) is 15.5 Å². The van der Waals surface area contributed by atoms with Gasteiger partial charge >= 0.3 is 0 Å². The van der Waals surface area contributed by atoms with Gasteiger partial charge in [0.25, 0.3) is 5.91 Å². The first-order valence-corrected chi connectivity index (χ1v) is 6.55. The Labute approximate surface area is 119 Å². The van der Waals surface area contributed by atoms with Gasteiger partial charge in [-0.15, -0.1) is 0 Å². The zero-order chi connectivity index (χ0) is 14.3. The highest BCUT2D eigenvalue weighted by Gasteiger charge is 2.27. The number of pyridine rings is 1. The molecule has 0 saturated carbocycles. The second kappa shape index (κ2) is 4.79. The minimum atomic E-state index is -0.659. The Hall–Kier alpha value is -2.08. The van der Waals surface area contributed by atoms with E-state index in [0.29, 0.717) is 23.6 Å². The van der Waals surface area contributed by atoms with Crippen LogP contribution in [-0.2, 0) is 13.0 Å². The standard InChI is InChI=1S/C13H12ClFN4O/c14-10-11(16)8-2-1-5-19(8)12(10)13(20)18-7-3-4-17-9(15)6-7/h3-4,6H,1-2,5,16H2,(H,17,18,20). The summed E-state index contributed by atoms with van der Waals surface area (Å²) in [6, 6.07) is 2.65. The van der Waals surface area contributed by atoms with Crippen LogP contribution < -0.4 is 11.1 Å². The number of hydrogen-bond donors (Lipinski definition) is 2. The highest BCUT2D eigenvalue weighted by Crippen LogP contribution is 2.35. The second-order valence-corrected chi connectivity index (χ2v) is 4.98. The summed E-state index contributed by atoms with van der Waals surface area (Å²) in [5.41, 5.74) is 7.90. The molecule has 2 aromatic heterocycles. The predicted octanol–water partition coefficient (Wildman–Crippen LogP) is 2.46. The Bertz CT molecular complexity index is 698. The summed E-state index contributed by atoms with van der Waals surface area (Å²) in [5, 5.41) is 2.86. The molecule has 0 aliphatic carbocycles. The van der Waals surface area contributed by atoms with Crippen LogP contribution in [0.1, 0.15) is 22.6 Å². The van der Waals surface area contributed by atoms with Crippen molar-refractivity contribution in [3.63, 3.8) is 0 Å². The van der Waals surface area contributed by atoms with Gasteiger partial charge in [0.05, 0.1) is 10.7 Å². The Balaban J connectivity index is 1.94. The van der Waals surface area contributed by atoms with Crippen LogP contribution in [0, 0.1) is 5.95 Å². The van der Waals surface area contributed by atoms with Gasteiger partial charge in [0.15, 0.2) is 0 Å². The third-order valence-corrected chi connectivity index (χ3v) is 3.73. The average Bonchev–Trinajstić information content (AvgIpc) is 2.94. The first kappa shape index (κ1) is 12.9. The molecule has 20 heavy (non-hydrogen) atoms. The summed E-state index contributed by atoms with van der Waals surface area (Å²) in [7, 11) is 0. The van der Waals surface area contributed by atoms with Crippen LogP contribution in [0.15, 0.2) is 18.3 Å². The Kier molecular flexibility index (Phi) is 3.10. The van der Waals surface area contributed by atoms with E-state index in [9.17, 15) is 9.18 Å². The maximum Gasteiger partial charge on any atom is 0.273 e. The van der Waals surface area contributed by atoms with Crippen LogP contribution in [0.3, 0.4) is 0 Å². The number of nitrogen functional groups attached to an aromatic ring is 1. The highest BCUT2D eigenvalue weighted by atomic mass is 35.5. The van der Waals surface area contributed by atoms with Gasteiger partial charge in [0.1, 0.15) is 5.69 Å². The lowest BCUT2D eigenvalue weighted by Crippen LogP contribution is -2.17. The summed E-state index contributed by atoms with van der Waals surface area (Å²) in [6.45, 7) is 0.708. The van der Waals surface area contributed by atoms with Gasteiger partial charge in [-0.1, -0.05) is 11.6 Å². The number of amides is 1. The fraction of sp³-hybridized carbons (Fsp3) is 0.231. The number of anilines is 2. The van der Waals surface area contributed by atoms with Crippen LogP contribution >= 0.6 is 11.6 Å². The summed E-state index contributed by atoms with van der Waals surface area (Å²) in [5.74, 6) is -1.06. The number of carbonyl (C=O) groups excluding carboxylic acids is 1. The van der Waals surface area contributed by atoms with Gasteiger partial charge in [0.2, 0.25) is 5.95 Å². The van der Waals surface area contributed by atoms with Crippen molar-refractivity contribution >= 4 is 28.9 Å². The van der Waals surface area contributed by atoms with Crippen molar-refractivity contribution in [2.75, 3.05) is 11.1 Å².